The monoisotopic (exact) mass is 302 g/mol. The maximum absolute atomic E-state index is 4.37. The number of hydrogen-bond donors (Lipinski definition) is 1. The fraction of sp³-hybridized carbons (Fsp3) is 0.267. The Labute approximate surface area is 116 Å². The lowest BCUT2D eigenvalue weighted by Crippen LogP contribution is -1.95. The van der Waals surface area contributed by atoms with Crippen molar-refractivity contribution in [1.82, 2.24) is 4.98 Å². The summed E-state index contributed by atoms with van der Waals surface area (Å²) in [5, 5.41) is 3.37. The van der Waals surface area contributed by atoms with E-state index >= 15 is 0 Å². The van der Waals surface area contributed by atoms with Gasteiger partial charge < -0.3 is 5.32 Å². The number of anilines is 2. The molecular weight excluding hydrogens is 288 g/mol. The molecule has 0 radical (unpaired) electrons. The lowest BCUT2D eigenvalue weighted by Gasteiger charge is -2.09. The number of aromatic nitrogens is 1. The van der Waals surface area contributed by atoms with E-state index in [0.29, 0.717) is 0 Å². The lowest BCUT2D eigenvalue weighted by molar-refractivity contribution is 0.912. The Balaban J connectivity index is 1.85. The average molecular weight is 303 g/mol. The molecule has 0 bridgehead atoms. The minimum absolute atomic E-state index is 0.897. The zero-order valence-corrected chi connectivity index (χ0v) is 11.9. The Hall–Kier alpha value is -1.35. The summed E-state index contributed by atoms with van der Waals surface area (Å²) in [6.45, 7) is 2.07. The Morgan fingerprint density at radius 1 is 1.17 bits per heavy atom. The molecular formula is C15H15BrN2. The van der Waals surface area contributed by atoms with Gasteiger partial charge >= 0.3 is 0 Å². The van der Waals surface area contributed by atoms with Crippen LogP contribution in [0.15, 0.2) is 34.9 Å². The van der Waals surface area contributed by atoms with Crippen LogP contribution in [0.2, 0.25) is 0 Å². The fourth-order valence-corrected chi connectivity index (χ4v) is 2.62. The van der Waals surface area contributed by atoms with Crippen LogP contribution in [-0.4, -0.2) is 4.98 Å². The number of halogens is 1. The van der Waals surface area contributed by atoms with Crippen LogP contribution in [0.25, 0.3) is 0 Å². The van der Waals surface area contributed by atoms with Crippen molar-refractivity contribution in [2.45, 2.75) is 26.2 Å². The van der Waals surface area contributed by atoms with Gasteiger partial charge in [0.1, 0.15) is 5.82 Å². The van der Waals surface area contributed by atoms with Crippen LogP contribution < -0.4 is 5.32 Å². The van der Waals surface area contributed by atoms with Crippen molar-refractivity contribution in [3.05, 3.63) is 51.6 Å². The van der Waals surface area contributed by atoms with E-state index in [1.165, 1.54) is 36.0 Å². The number of pyridine rings is 1. The van der Waals surface area contributed by atoms with Crippen LogP contribution in [-0.2, 0) is 12.8 Å². The van der Waals surface area contributed by atoms with Gasteiger partial charge in [0.15, 0.2) is 0 Å². The van der Waals surface area contributed by atoms with Gasteiger partial charge in [0.05, 0.1) is 0 Å². The quantitative estimate of drug-likeness (QED) is 0.890. The third kappa shape index (κ3) is 2.27. The first kappa shape index (κ1) is 11.7. The summed E-state index contributed by atoms with van der Waals surface area (Å²) in [5.41, 5.74) is 5.30. The van der Waals surface area contributed by atoms with Gasteiger partial charge in [-0.2, -0.15) is 0 Å². The number of hydrogen-bond acceptors (Lipinski definition) is 2. The molecule has 2 aromatic rings. The molecule has 1 heterocycles. The normalized spacial score (nSPS) is 13.4. The molecule has 1 aromatic carbocycles. The van der Waals surface area contributed by atoms with Crippen molar-refractivity contribution in [1.29, 1.82) is 0 Å². The van der Waals surface area contributed by atoms with E-state index < -0.39 is 0 Å². The SMILES string of the molecule is Cc1cc(Nc2ccc3c(c2)CCC3)ncc1Br. The van der Waals surface area contributed by atoms with Gasteiger partial charge in [-0.15, -0.1) is 0 Å². The Kier molecular flexibility index (Phi) is 3.08. The number of nitrogens with one attached hydrogen (secondary N) is 1. The van der Waals surface area contributed by atoms with Crippen molar-refractivity contribution in [3.63, 3.8) is 0 Å². The second-order valence-corrected chi connectivity index (χ2v) is 5.64. The summed E-state index contributed by atoms with van der Waals surface area (Å²) in [5.74, 6) is 0.897. The topological polar surface area (TPSA) is 24.9 Å². The molecule has 3 rings (SSSR count). The maximum Gasteiger partial charge on any atom is 0.130 e. The lowest BCUT2D eigenvalue weighted by atomic mass is 10.1. The van der Waals surface area contributed by atoms with E-state index in [0.717, 1.165) is 16.0 Å². The van der Waals surface area contributed by atoms with Gasteiger partial charge in [-0.05, 0) is 77.0 Å². The first-order chi connectivity index (χ1) is 8.72. The highest BCUT2D eigenvalue weighted by Crippen LogP contribution is 2.27. The summed E-state index contributed by atoms with van der Waals surface area (Å²) in [6, 6.07) is 8.68. The van der Waals surface area contributed by atoms with Crippen molar-refractivity contribution >= 4 is 27.4 Å². The average Bonchev–Trinajstić information content (AvgIpc) is 2.81. The van der Waals surface area contributed by atoms with Crippen molar-refractivity contribution in [2.24, 2.45) is 0 Å². The smallest absolute Gasteiger partial charge is 0.130 e. The van der Waals surface area contributed by atoms with Gasteiger partial charge in [0.25, 0.3) is 0 Å². The number of benzene rings is 1. The first-order valence-corrected chi connectivity index (χ1v) is 7.02. The van der Waals surface area contributed by atoms with Crippen LogP contribution in [0.1, 0.15) is 23.1 Å². The highest BCUT2D eigenvalue weighted by Gasteiger charge is 2.10. The predicted molar refractivity (Wildman–Crippen MR) is 78.4 cm³/mol. The molecule has 0 spiro atoms. The number of fused-ring (bicyclic) bond motifs is 1. The minimum Gasteiger partial charge on any atom is -0.340 e. The van der Waals surface area contributed by atoms with Gasteiger partial charge in [0, 0.05) is 16.4 Å². The van der Waals surface area contributed by atoms with Crippen molar-refractivity contribution in [3.8, 4) is 0 Å². The molecule has 1 aromatic heterocycles. The molecule has 0 fully saturated rings. The minimum atomic E-state index is 0.897. The van der Waals surface area contributed by atoms with Crippen molar-refractivity contribution in [2.75, 3.05) is 5.32 Å². The molecule has 18 heavy (non-hydrogen) atoms. The molecule has 0 saturated heterocycles. The molecule has 1 aliphatic carbocycles. The Bertz CT molecular complexity index is 593. The standard InChI is InChI=1S/C15H15BrN2/c1-10-7-15(17-9-14(10)16)18-13-6-5-11-3-2-4-12(11)8-13/h5-9H,2-4H2,1H3,(H,17,18). The van der Waals surface area contributed by atoms with Crippen molar-refractivity contribution < 1.29 is 0 Å². The second-order valence-electron chi connectivity index (χ2n) is 4.78. The zero-order chi connectivity index (χ0) is 12.5. The maximum atomic E-state index is 4.37. The molecule has 0 saturated carbocycles. The molecule has 0 amide bonds. The van der Waals surface area contributed by atoms with E-state index in [-0.39, 0.29) is 0 Å². The van der Waals surface area contributed by atoms with Crippen LogP contribution in [0, 0.1) is 6.92 Å². The second kappa shape index (κ2) is 4.73. The number of nitrogens with zero attached hydrogens (tertiary/aromatic N) is 1. The Morgan fingerprint density at radius 2 is 2.00 bits per heavy atom. The number of aryl methyl sites for hydroxylation is 3. The molecule has 1 aliphatic rings. The van der Waals surface area contributed by atoms with Crippen LogP contribution in [0.5, 0.6) is 0 Å². The summed E-state index contributed by atoms with van der Waals surface area (Å²) in [6.07, 6.45) is 5.56. The third-order valence-electron chi connectivity index (χ3n) is 3.42. The largest absolute Gasteiger partial charge is 0.340 e. The van der Waals surface area contributed by atoms with Gasteiger partial charge in [-0.1, -0.05) is 6.07 Å². The van der Waals surface area contributed by atoms with Crippen LogP contribution >= 0.6 is 15.9 Å². The van der Waals surface area contributed by atoms with E-state index in [1.807, 2.05) is 6.20 Å². The van der Waals surface area contributed by atoms with Gasteiger partial charge in [0.2, 0.25) is 0 Å². The molecule has 3 heteroatoms. The highest BCUT2D eigenvalue weighted by atomic mass is 79.9. The molecule has 2 nitrogen and oxygen atoms in total. The summed E-state index contributed by atoms with van der Waals surface area (Å²) in [7, 11) is 0. The molecule has 0 atom stereocenters. The fourth-order valence-electron chi connectivity index (χ4n) is 2.41. The van der Waals surface area contributed by atoms with Gasteiger partial charge in [-0.25, -0.2) is 4.98 Å². The molecule has 0 unspecified atom stereocenters. The summed E-state index contributed by atoms with van der Waals surface area (Å²) >= 11 is 3.47. The molecule has 1 N–H and O–H groups in total. The summed E-state index contributed by atoms with van der Waals surface area (Å²) < 4.78 is 1.04. The van der Waals surface area contributed by atoms with E-state index in [9.17, 15) is 0 Å². The van der Waals surface area contributed by atoms with E-state index in [2.05, 4.69) is 57.4 Å². The summed E-state index contributed by atoms with van der Waals surface area (Å²) in [4.78, 5) is 4.37. The van der Waals surface area contributed by atoms with E-state index in [1.54, 1.807) is 0 Å². The first-order valence-electron chi connectivity index (χ1n) is 6.23. The highest BCUT2D eigenvalue weighted by molar-refractivity contribution is 9.10. The number of rotatable bonds is 2. The molecule has 0 aliphatic heterocycles. The Morgan fingerprint density at radius 3 is 2.83 bits per heavy atom. The third-order valence-corrected chi connectivity index (χ3v) is 4.25. The molecule has 92 valence electrons. The zero-order valence-electron chi connectivity index (χ0n) is 10.3. The van der Waals surface area contributed by atoms with Crippen LogP contribution in [0.3, 0.4) is 0 Å². The predicted octanol–water partition coefficient (Wildman–Crippen LogP) is 4.38. The van der Waals surface area contributed by atoms with E-state index in [4.69, 9.17) is 0 Å². The van der Waals surface area contributed by atoms with Crippen LogP contribution in [0.4, 0.5) is 11.5 Å². The van der Waals surface area contributed by atoms with Gasteiger partial charge in [-0.3, -0.25) is 0 Å².